The van der Waals surface area contributed by atoms with E-state index in [0.717, 1.165) is 55.7 Å². The molecule has 3 aliphatic rings. The van der Waals surface area contributed by atoms with Crippen LogP contribution in [-0.2, 0) is 16.2 Å². The first-order chi connectivity index (χ1) is 31.8. The molecule has 0 bridgehead atoms. The van der Waals surface area contributed by atoms with E-state index in [-0.39, 0.29) is 23.1 Å². The normalized spacial score (nSPS) is 14.7. The Balaban J connectivity index is 1.21. The Hall–Kier alpha value is -7.24. The van der Waals surface area contributed by atoms with E-state index in [4.69, 9.17) is 8.83 Å². The SMILES string of the molecule is CC(C)(C)c1ccc(N2B3c4cc5occc5cc4N(c4ccc(C(C)(C)C)cc4-c4ccccc4)c4c3c(cc3c4oc4ccccc43)-c3cc4c(cc32)C(C)(C)c2ccccc2-4)cc1. The maximum Gasteiger partial charge on any atom is 0.333 e. The molecule has 0 atom stereocenters. The topological polar surface area (TPSA) is 32.8 Å². The van der Waals surface area contributed by atoms with Crippen molar-refractivity contribution in [3.63, 3.8) is 0 Å². The van der Waals surface area contributed by atoms with E-state index < -0.39 is 0 Å². The zero-order valence-corrected chi connectivity index (χ0v) is 38.9. The first-order valence-electron chi connectivity index (χ1n) is 23.4. The van der Waals surface area contributed by atoms with Gasteiger partial charge in [0.05, 0.1) is 17.6 Å². The molecule has 4 heterocycles. The fraction of sp³-hybridized carbons (Fsp3) is 0.180. The summed E-state index contributed by atoms with van der Waals surface area (Å²) in [6.07, 6.45) is 1.83. The lowest BCUT2D eigenvalue weighted by Gasteiger charge is -2.46. The molecule has 4 nitrogen and oxygen atoms in total. The number of furan rings is 2. The fourth-order valence-electron chi connectivity index (χ4n) is 11.5. The number of nitrogens with zero attached hydrogens (tertiary/aromatic N) is 2. The number of benzene rings is 8. The van der Waals surface area contributed by atoms with Crippen LogP contribution in [0.15, 0.2) is 173 Å². The van der Waals surface area contributed by atoms with E-state index >= 15 is 0 Å². The second-order valence-corrected chi connectivity index (χ2v) is 21.4. The van der Waals surface area contributed by atoms with Crippen LogP contribution in [0.5, 0.6) is 0 Å². The van der Waals surface area contributed by atoms with Gasteiger partial charge in [-0.15, -0.1) is 0 Å². The average Bonchev–Trinajstić information content (AvgIpc) is 4.00. The molecule has 13 rings (SSSR count). The van der Waals surface area contributed by atoms with Gasteiger partial charge in [0.25, 0.3) is 0 Å². The smallest absolute Gasteiger partial charge is 0.333 e. The molecule has 0 saturated carbocycles. The van der Waals surface area contributed by atoms with E-state index in [1.165, 1.54) is 72.2 Å². The van der Waals surface area contributed by atoms with Crippen molar-refractivity contribution in [1.82, 2.24) is 0 Å². The predicted octanol–water partition coefficient (Wildman–Crippen LogP) is 15.6. The minimum atomic E-state index is -0.236. The van der Waals surface area contributed by atoms with Gasteiger partial charge in [-0.3, -0.25) is 0 Å². The van der Waals surface area contributed by atoms with Crippen molar-refractivity contribution in [2.45, 2.75) is 71.6 Å². The molecule has 0 radical (unpaired) electrons. The molecule has 0 saturated heterocycles. The number of para-hydroxylation sites is 1. The average molecular weight is 855 g/mol. The van der Waals surface area contributed by atoms with E-state index in [9.17, 15) is 0 Å². The maximum atomic E-state index is 7.24. The Kier molecular flexibility index (Phi) is 7.96. The summed E-state index contributed by atoms with van der Waals surface area (Å²) in [6, 6.07) is 59.2. The standard InChI is InChI=1S/C61H51BN2O2/c1-59(2,3)38-22-25-40(26-23-38)64-52-34-49-44(41-18-12-14-20-48(41)61(49,7)8)32-45(52)46-33-47-42-19-13-15-21-54(42)66-58(47)57-56(46)62(64)50-35-55-37(28-29-65-55)30-53(50)63(57)51-27-24-39(60(4,5)6)31-43(51)36-16-10-9-11-17-36/h9-35H,1-8H3. The van der Waals surface area contributed by atoms with Gasteiger partial charge in [0.1, 0.15) is 11.2 Å². The molecular formula is C61H51BN2O2. The second-order valence-electron chi connectivity index (χ2n) is 21.4. The Labute approximate surface area is 387 Å². The predicted molar refractivity (Wildman–Crippen MR) is 278 cm³/mol. The third-order valence-corrected chi connectivity index (χ3v) is 15.0. The van der Waals surface area contributed by atoms with Crippen molar-refractivity contribution in [2.24, 2.45) is 0 Å². The molecule has 0 fully saturated rings. The van der Waals surface area contributed by atoms with Gasteiger partial charge in [0.2, 0.25) is 0 Å². The molecule has 2 aromatic heterocycles. The highest BCUT2D eigenvalue weighted by atomic mass is 16.3. The van der Waals surface area contributed by atoms with Crippen LogP contribution in [0.1, 0.15) is 77.6 Å². The molecule has 8 aromatic carbocycles. The largest absolute Gasteiger partial charge is 0.464 e. The second kappa shape index (κ2) is 13.4. The van der Waals surface area contributed by atoms with E-state index in [0.29, 0.717) is 0 Å². The molecule has 0 unspecified atom stereocenters. The van der Waals surface area contributed by atoms with Crippen LogP contribution in [0.3, 0.4) is 0 Å². The van der Waals surface area contributed by atoms with Gasteiger partial charge in [0, 0.05) is 49.8 Å². The van der Waals surface area contributed by atoms with Crippen molar-refractivity contribution < 1.29 is 8.83 Å². The summed E-state index contributed by atoms with van der Waals surface area (Å²) < 4.78 is 13.6. The number of fused-ring (bicyclic) bond motifs is 12. The summed E-state index contributed by atoms with van der Waals surface area (Å²) in [5.41, 5.74) is 23.1. The highest BCUT2D eigenvalue weighted by Crippen LogP contribution is 2.57. The molecule has 0 amide bonds. The summed E-state index contributed by atoms with van der Waals surface area (Å²) in [4.78, 5) is 5.17. The summed E-state index contributed by atoms with van der Waals surface area (Å²) >= 11 is 0. The van der Waals surface area contributed by atoms with Crippen LogP contribution < -0.4 is 20.6 Å². The lowest BCUT2D eigenvalue weighted by atomic mass is 9.43. The summed E-state index contributed by atoms with van der Waals surface area (Å²) in [6.45, 7) is 18.3. The summed E-state index contributed by atoms with van der Waals surface area (Å²) in [7, 11) is 0. The molecule has 10 aromatic rings. The van der Waals surface area contributed by atoms with Crippen molar-refractivity contribution in [3.05, 3.63) is 186 Å². The van der Waals surface area contributed by atoms with Gasteiger partial charge in [0.15, 0.2) is 5.58 Å². The van der Waals surface area contributed by atoms with Crippen LogP contribution in [-0.4, -0.2) is 6.85 Å². The van der Waals surface area contributed by atoms with Crippen molar-refractivity contribution in [2.75, 3.05) is 9.71 Å². The Morgan fingerprint density at radius 1 is 0.515 bits per heavy atom. The van der Waals surface area contributed by atoms with Gasteiger partial charge >= 0.3 is 6.85 Å². The Bertz CT molecular complexity index is 3650. The molecule has 320 valence electrons. The lowest BCUT2D eigenvalue weighted by Crippen LogP contribution is -2.61. The third-order valence-electron chi connectivity index (χ3n) is 15.0. The maximum absolute atomic E-state index is 7.24. The van der Waals surface area contributed by atoms with Crippen LogP contribution in [0.2, 0.25) is 0 Å². The zero-order valence-electron chi connectivity index (χ0n) is 38.9. The first-order valence-corrected chi connectivity index (χ1v) is 23.4. The summed E-state index contributed by atoms with van der Waals surface area (Å²) in [5, 5.41) is 3.28. The molecule has 0 spiro atoms. The van der Waals surface area contributed by atoms with E-state index in [2.05, 4.69) is 223 Å². The number of hydrogen-bond acceptors (Lipinski definition) is 4. The number of rotatable bonds is 3. The quantitative estimate of drug-likeness (QED) is 0.166. The van der Waals surface area contributed by atoms with Gasteiger partial charge in [-0.25, -0.2) is 0 Å². The highest BCUT2D eigenvalue weighted by Gasteiger charge is 2.49. The van der Waals surface area contributed by atoms with Crippen LogP contribution in [0.4, 0.5) is 28.4 Å². The minimum absolute atomic E-state index is 0.00343. The molecule has 0 N–H and O–H groups in total. The van der Waals surface area contributed by atoms with E-state index in [1.54, 1.807) is 0 Å². The monoisotopic (exact) mass is 854 g/mol. The van der Waals surface area contributed by atoms with Crippen molar-refractivity contribution >= 4 is 79.1 Å². The molecule has 2 aliphatic heterocycles. The number of anilines is 5. The molecule has 1 aliphatic carbocycles. The first kappa shape index (κ1) is 39.2. The number of hydrogen-bond donors (Lipinski definition) is 0. The Morgan fingerprint density at radius 3 is 2.03 bits per heavy atom. The fourth-order valence-corrected chi connectivity index (χ4v) is 11.5. The van der Waals surface area contributed by atoms with Gasteiger partial charge in [-0.1, -0.05) is 146 Å². The van der Waals surface area contributed by atoms with Gasteiger partial charge < -0.3 is 18.5 Å². The molecule has 5 heteroatoms. The lowest BCUT2D eigenvalue weighted by molar-refractivity contribution is 0.590. The molecule has 66 heavy (non-hydrogen) atoms. The van der Waals surface area contributed by atoms with Crippen molar-refractivity contribution in [3.8, 4) is 33.4 Å². The third kappa shape index (κ3) is 5.46. The molecular weight excluding hydrogens is 803 g/mol. The van der Waals surface area contributed by atoms with Gasteiger partial charge in [-0.2, -0.15) is 0 Å². The van der Waals surface area contributed by atoms with Crippen LogP contribution in [0.25, 0.3) is 66.3 Å². The van der Waals surface area contributed by atoms with Crippen LogP contribution >= 0.6 is 0 Å². The van der Waals surface area contributed by atoms with E-state index in [1.807, 2.05) is 6.26 Å². The van der Waals surface area contributed by atoms with Gasteiger partial charge in [-0.05, 0) is 133 Å². The summed E-state index contributed by atoms with van der Waals surface area (Å²) in [5.74, 6) is 0. The zero-order chi connectivity index (χ0) is 45.0. The van der Waals surface area contributed by atoms with Crippen molar-refractivity contribution in [1.29, 1.82) is 0 Å². The Morgan fingerprint density at radius 2 is 1.24 bits per heavy atom. The minimum Gasteiger partial charge on any atom is -0.464 e. The highest BCUT2D eigenvalue weighted by molar-refractivity contribution is 6.94. The van der Waals surface area contributed by atoms with Crippen LogP contribution in [0, 0.1) is 0 Å².